The monoisotopic (exact) mass is 416 g/mol. The van der Waals surface area contributed by atoms with Crippen molar-refractivity contribution in [1.82, 2.24) is 5.32 Å². The van der Waals surface area contributed by atoms with Crippen molar-refractivity contribution in [2.45, 2.75) is 65.0 Å². The number of ether oxygens (including phenoxy) is 1. The van der Waals surface area contributed by atoms with Crippen molar-refractivity contribution in [2.24, 2.45) is 11.1 Å². The summed E-state index contributed by atoms with van der Waals surface area (Å²) < 4.78 is 6.11. The zero-order valence-electron chi connectivity index (χ0n) is 17.8. The van der Waals surface area contributed by atoms with Crippen LogP contribution in [0.15, 0.2) is 47.3 Å². The van der Waals surface area contributed by atoms with Gasteiger partial charge in [-0.15, -0.1) is 6.58 Å². The third-order valence-electron chi connectivity index (χ3n) is 5.42. The number of hydrogen-bond donors (Lipinski definition) is 3. The normalized spacial score (nSPS) is 17.5. The highest BCUT2D eigenvalue weighted by molar-refractivity contribution is 6.10. The van der Waals surface area contributed by atoms with Crippen LogP contribution in [0.4, 0.5) is 0 Å². The van der Waals surface area contributed by atoms with Crippen LogP contribution < -0.4 is 11.1 Å². The van der Waals surface area contributed by atoms with Crippen LogP contribution in [-0.2, 0) is 19.1 Å². The van der Waals surface area contributed by atoms with Gasteiger partial charge in [0.15, 0.2) is 11.9 Å². The van der Waals surface area contributed by atoms with Crippen LogP contribution in [0.25, 0.3) is 0 Å². The van der Waals surface area contributed by atoms with Crippen molar-refractivity contribution in [1.29, 1.82) is 0 Å². The van der Waals surface area contributed by atoms with E-state index in [1.54, 1.807) is 26.0 Å². The van der Waals surface area contributed by atoms with E-state index in [2.05, 4.69) is 11.9 Å². The molecule has 0 bridgehead atoms. The molecule has 0 aliphatic heterocycles. The van der Waals surface area contributed by atoms with Crippen molar-refractivity contribution >= 4 is 17.7 Å². The number of carboxylic acids is 1. The summed E-state index contributed by atoms with van der Waals surface area (Å²) in [5.41, 5.74) is 7.26. The van der Waals surface area contributed by atoms with E-state index in [0.29, 0.717) is 19.4 Å². The second-order valence-corrected chi connectivity index (χ2v) is 8.32. The minimum Gasteiger partial charge on any atom is -0.493 e. The molecule has 0 aromatic rings. The number of allylic oxidation sites excluding steroid dienone is 6. The Morgan fingerprint density at radius 2 is 2.13 bits per heavy atom. The Bertz CT molecular complexity index is 804. The van der Waals surface area contributed by atoms with E-state index in [-0.39, 0.29) is 11.7 Å². The molecule has 1 amide bonds. The first kappa shape index (κ1) is 23.6. The Morgan fingerprint density at radius 3 is 2.80 bits per heavy atom. The molecular formula is C23H32N2O5. The number of hydrogen-bond acceptors (Lipinski definition) is 5. The third-order valence-corrected chi connectivity index (χ3v) is 5.42. The predicted octanol–water partition coefficient (Wildman–Crippen LogP) is 3.13. The first-order valence-electron chi connectivity index (χ1n) is 10.4. The zero-order chi connectivity index (χ0) is 22.3. The molecule has 2 aliphatic carbocycles. The number of aliphatic carboxylic acids is 1. The van der Waals surface area contributed by atoms with Gasteiger partial charge in [0.2, 0.25) is 5.91 Å². The molecule has 7 heteroatoms. The summed E-state index contributed by atoms with van der Waals surface area (Å²) >= 11 is 0. The van der Waals surface area contributed by atoms with Crippen LogP contribution in [0.2, 0.25) is 0 Å². The minimum atomic E-state index is -1.41. The fourth-order valence-electron chi connectivity index (χ4n) is 3.61. The zero-order valence-corrected chi connectivity index (χ0v) is 17.8. The molecular weight excluding hydrogens is 384 g/mol. The molecule has 0 heterocycles. The lowest BCUT2D eigenvalue weighted by atomic mass is 9.83. The number of unbranched alkanes of at least 4 members (excludes halogenated alkanes) is 1. The van der Waals surface area contributed by atoms with Crippen molar-refractivity contribution in [3.63, 3.8) is 0 Å². The Labute approximate surface area is 177 Å². The van der Waals surface area contributed by atoms with Gasteiger partial charge in [0.05, 0.1) is 6.61 Å². The summed E-state index contributed by atoms with van der Waals surface area (Å²) in [5.74, 6) is -0.819. The molecule has 0 spiro atoms. The summed E-state index contributed by atoms with van der Waals surface area (Å²) in [7, 11) is 0. The maximum Gasteiger partial charge on any atom is 0.341 e. The smallest absolute Gasteiger partial charge is 0.341 e. The average molecular weight is 417 g/mol. The average Bonchev–Trinajstić information content (AvgIpc) is 2.69. The highest BCUT2D eigenvalue weighted by Crippen LogP contribution is 2.36. The van der Waals surface area contributed by atoms with Gasteiger partial charge in [-0.05, 0) is 51.0 Å². The molecule has 0 saturated heterocycles. The van der Waals surface area contributed by atoms with E-state index < -0.39 is 17.6 Å². The summed E-state index contributed by atoms with van der Waals surface area (Å²) in [6.07, 6.45) is 9.35. The second-order valence-electron chi connectivity index (χ2n) is 8.32. The van der Waals surface area contributed by atoms with Gasteiger partial charge in [0.25, 0.3) is 0 Å². The summed E-state index contributed by atoms with van der Waals surface area (Å²) in [6, 6.07) is 0. The van der Waals surface area contributed by atoms with Crippen LogP contribution in [0.1, 0.15) is 58.8 Å². The van der Waals surface area contributed by atoms with Gasteiger partial charge < -0.3 is 20.9 Å². The molecule has 1 atom stereocenters. The largest absolute Gasteiger partial charge is 0.493 e. The summed E-state index contributed by atoms with van der Waals surface area (Å²) in [5, 5.41) is 11.1. The van der Waals surface area contributed by atoms with Gasteiger partial charge in [-0.3, -0.25) is 9.59 Å². The molecule has 1 unspecified atom stereocenters. The molecule has 0 fully saturated rings. The maximum atomic E-state index is 12.4. The third kappa shape index (κ3) is 5.92. The van der Waals surface area contributed by atoms with Crippen LogP contribution in [-0.4, -0.2) is 35.5 Å². The molecule has 164 valence electrons. The number of ketones is 1. The molecule has 2 rings (SSSR count). The summed E-state index contributed by atoms with van der Waals surface area (Å²) in [6.45, 7) is 7.77. The highest BCUT2D eigenvalue weighted by Gasteiger charge is 2.30. The number of fused-ring (bicyclic) bond motifs is 1. The number of carbonyl (C=O) groups is 3. The Kier molecular flexibility index (Phi) is 8.17. The number of rotatable bonds is 11. The molecule has 0 saturated carbocycles. The van der Waals surface area contributed by atoms with E-state index in [9.17, 15) is 14.4 Å². The number of carbonyl (C=O) groups excluding carboxylic acids is 2. The van der Waals surface area contributed by atoms with E-state index in [4.69, 9.17) is 15.6 Å². The van der Waals surface area contributed by atoms with Crippen molar-refractivity contribution in [2.75, 3.05) is 6.61 Å². The topological polar surface area (TPSA) is 119 Å². The standard InChI is InChI=1S/C23H32N2O5/c1-4-9-15-14-18(26)16-10-5-6-11-17(16)19(15)30-13-8-7-12-23(2,3)22(29)25-20(24)21(27)28/h4,10,14,20H,1,5-9,11-13,24H2,2-3H3,(H,25,29)(H,27,28). The number of carboxylic acid groups (broad SMARTS) is 1. The molecule has 0 aromatic heterocycles. The Balaban J connectivity index is 1.91. The van der Waals surface area contributed by atoms with E-state index in [1.165, 1.54) is 0 Å². The Hall–Kier alpha value is -2.67. The first-order valence-corrected chi connectivity index (χ1v) is 10.4. The molecule has 0 radical (unpaired) electrons. The molecule has 30 heavy (non-hydrogen) atoms. The number of amides is 1. The van der Waals surface area contributed by atoms with Crippen LogP contribution in [0.5, 0.6) is 0 Å². The number of nitrogens with one attached hydrogen (secondary N) is 1. The SMILES string of the molecule is C=CCC1=CC(=O)C2=CCCCC2=C1OCCCCC(C)(C)C(=O)NC(N)C(=O)O. The van der Waals surface area contributed by atoms with Gasteiger partial charge >= 0.3 is 5.97 Å². The quantitative estimate of drug-likeness (QED) is 0.270. The number of nitrogens with two attached hydrogens (primary N) is 1. The Morgan fingerprint density at radius 1 is 1.40 bits per heavy atom. The van der Waals surface area contributed by atoms with Crippen LogP contribution in [0.3, 0.4) is 0 Å². The van der Waals surface area contributed by atoms with Gasteiger partial charge in [0.1, 0.15) is 5.76 Å². The lowest BCUT2D eigenvalue weighted by Crippen LogP contribution is -2.51. The van der Waals surface area contributed by atoms with Gasteiger partial charge in [-0.1, -0.05) is 26.0 Å². The predicted molar refractivity (Wildman–Crippen MR) is 114 cm³/mol. The lowest BCUT2D eigenvalue weighted by Gasteiger charge is -2.26. The maximum absolute atomic E-state index is 12.4. The van der Waals surface area contributed by atoms with E-state index >= 15 is 0 Å². The van der Waals surface area contributed by atoms with E-state index in [1.807, 2.05) is 6.08 Å². The van der Waals surface area contributed by atoms with Crippen molar-refractivity contribution < 1.29 is 24.2 Å². The molecule has 2 aliphatic rings. The summed E-state index contributed by atoms with van der Waals surface area (Å²) in [4.78, 5) is 35.4. The van der Waals surface area contributed by atoms with Crippen molar-refractivity contribution in [3.05, 3.63) is 47.3 Å². The molecule has 4 N–H and O–H groups in total. The van der Waals surface area contributed by atoms with E-state index in [0.717, 1.165) is 54.6 Å². The molecule has 7 nitrogen and oxygen atoms in total. The fourth-order valence-corrected chi connectivity index (χ4v) is 3.61. The van der Waals surface area contributed by atoms with Crippen LogP contribution >= 0.6 is 0 Å². The van der Waals surface area contributed by atoms with Crippen LogP contribution in [0, 0.1) is 5.41 Å². The molecule has 0 aromatic carbocycles. The fraction of sp³-hybridized carbons (Fsp3) is 0.522. The highest BCUT2D eigenvalue weighted by atomic mass is 16.5. The van der Waals surface area contributed by atoms with Gasteiger partial charge in [-0.25, -0.2) is 4.79 Å². The van der Waals surface area contributed by atoms with Crippen molar-refractivity contribution in [3.8, 4) is 0 Å². The van der Waals surface area contributed by atoms with Gasteiger partial charge in [-0.2, -0.15) is 0 Å². The minimum absolute atomic E-state index is 0.0428. The lowest BCUT2D eigenvalue weighted by molar-refractivity contribution is -0.143. The second kappa shape index (κ2) is 10.4. The first-order chi connectivity index (χ1) is 14.2. The van der Waals surface area contributed by atoms with Gasteiger partial charge in [0, 0.05) is 22.1 Å².